The Balaban J connectivity index is 0.703. The average molecular weight is 921 g/mol. The van der Waals surface area contributed by atoms with Crippen LogP contribution in [-0.4, -0.2) is 94.4 Å². The van der Waals surface area contributed by atoms with Gasteiger partial charge in [0, 0.05) is 42.1 Å². The summed E-state index contributed by atoms with van der Waals surface area (Å²) >= 11 is 0. The predicted octanol–water partition coefficient (Wildman–Crippen LogP) is 8.81. The largest absolute Gasteiger partial charge is 0.493 e. The van der Waals surface area contributed by atoms with Gasteiger partial charge in [-0.1, -0.05) is 33.8 Å². The molecule has 2 aromatic rings. The summed E-state index contributed by atoms with van der Waals surface area (Å²) in [5.41, 5.74) is -0.0528. The van der Waals surface area contributed by atoms with Crippen molar-refractivity contribution < 1.29 is 71.7 Å². The summed E-state index contributed by atoms with van der Waals surface area (Å²) in [5.74, 6) is 2.17. The Morgan fingerprint density at radius 1 is 0.636 bits per heavy atom. The summed E-state index contributed by atoms with van der Waals surface area (Å²) in [4.78, 5) is 37.7. The molecular weight excluding hydrogens is 853 g/mol. The molecule has 66 heavy (non-hydrogen) atoms. The van der Waals surface area contributed by atoms with Gasteiger partial charge in [-0.15, -0.1) is 0 Å². The molecule has 0 amide bonds. The van der Waals surface area contributed by atoms with Crippen LogP contribution < -0.4 is 18.9 Å². The number of hydrogen-bond donors (Lipinski definition) is 0. The minimum absolute atomic E-state index is 0.0497. The van der Waals surface area contributed by atoms with E-state index in [1.54, 1.807) is 56.7 Å². The number of allylic oxidation sites excluding steroid dienone is 1. The number of ketones is 1. The molecule has 0 unspecified atom stereocenters. The number of ether oxygens (including phenoxy) is 10. The highest BCUT2D eigenvalue weighted by molar-refractivity contribution is 6.06. The van der Waals surface area contributed by atoms with Crippen molar-refractivity contribution in [2.75, 3.05) is 40.6 Å². The zero-order chi connectivity index (χ0) is 46.0. The van der Waals surface area contributed by atoms with Crippen LogP contribution in [0.25, 0.3) is 6.08 Å². The third-order valence-corrected chi connectivity index (χ3v) is 16.5. The second-order valence-corrected chi connectivity index (χ2v) is 20.5. The Labute approximate surface area is 388 Å². The maximum Gasteiger partial charge on any atom is 0.203 e. The smallest absolute Gasteiger partial charge is 0.203 e. The van der Waals surface area contributed by atoms with Crippen molar-refractivity contribution >= 4 is 11.9 Å². The molecule has 0 aromatic heterocycles. The summed E-state index contributed by atoms with van der Waals surface area (Å²) in [6.45, 7) is 13.9. The zero-order valence-electron chi connectivity index (χ0n) is 39.7. The average Bonchev–Trinajstić information content (AvgIpc) is 3.70. The van der Waals surface area contributed by atoms with Crippen LogP contribution in [-0.2, 0) is 48.0 Å². The minimum atomic E-state index is -0.849. The van der Waals surface area contributed by atoms with Crippen molar-refractivity contribution in [3.63, 3.8) is 0 Å². The lowest BCUT2D eigenvalue weighted by atomic mass is 9.58. The van der Waals surface area contributed by atoms with E-state index < -0.39 is 47.9 Å². The zero-order valence-corrected chi connectivity index (χ0v) is 39.7. The van der Waals surface area contributed by atoms with E-state index in [9.17, 15) is 4.79 Å². The lowest BCUT2D eigenvalue weighted by Crippen LogP contribution is -2.70. The molecule has 0 radical (unpaired) electrons. The molecule has 10 aliphatic rings. The van der Waals surface area contributed by atoms with Crippen LogP contribution in [0.3, 0.4) is 0 Å². The van der Waals surface area contributed by atoms with Crippen molar-refractivity contribution in [2.24, 2.45) is 47.3 Å². The Morgan fingerprint density at radius 3 is 1.64 bits per heavy atom. The molecule has 2 aromatic carbocycles. The van der Waals surface area contributed by atoms with E-state index in [0.29, 0.717) is 65.1 Å². The minimum Gasteiger partial charge on any atom is -0.493 e. The predicted molar refractivity (Wildman–Crippen MR) is 236 cm³/mol. The first-order chi connectivity index (χ1) is 31.8. The maximum atomic E-state index is 13.3. The second kappa shape index (κ2) is 18.2. The SMILES string of the molecule is COc1cc(/C=C/C(=O)c2ccc(OCCO[C@H]3O[C@@H]4O[C@@]5(C)CC[C@H]6[C@H](C)CC[C@@H]([C@H]3C)[C@@]46OO5)cc2)cc(OC)c1OCCO[C@H]1O[C@@H]2O[C@@]3(C)CC[C@H]4[C@H](C)CC[C@@H]([C@H]1C)[C@@]24OO3. The van der Waals surface area contributed by atoms with Gasteiger partial charge in [0.1, 0.15) is 19.0 Å². The third kappa shape index (κ3) is 8.06. The normalized spacial score (nSPS) is 42.2. The number of hydrogen-bond acceptors (Lipinski definition) is 15. The lowest BCUT2D eigenvalue weighted by molar-refractivity contribution is -0.577. The molecule has 10 fully saturated rings. The summed E-state index contributed by atoms with van der Waals surface area (Å²) < 4.78 is 62.3. The molecule has 8 saturated heterocycles. The van der Waals surface area contributed by atoms with Gasteiger partial charge in [0.2, 0.25) is 17.3 Å². The molecule has 8 heterocycles. The monoisotopic (exact) mass is 920 g/mol. The highest BCUT2D eigenvalue weighted by atomic mass is 17.3. The van der Waals surface area contributed by atoms with Gasteiger partial charge >= 0.3 is 0 Å². The molecule has 8 aliphatic heterocycles. The van der Waals surface area contributed by atoms with E-state index in [0.717, 1.165) is 51.4 Å². The molecule has 2 saturated carbocycles. The summed E-state index contributed by atoms with van der Waals surface area (Å²) in [5, 5.41) is 0. The summed E-state index contributed by atoms with van der Waals surface area (Å²) in [6.07, 6.45) is 8.85. The molecule has 15 nitrogen and oxygen atoms in total. The first-order valence-electron chi connectivity index (χ1n) is 24.3. The first kappa shape index (κ1) is 46.4. The third-order valence-electron chi connectivity index (χ3n) is 16.5. The Kier molecular flexibility index (Phi) is 12.8. The van der Waals surface area contributed by atoms with Crippen LogP contribution in [0.5, 0.6) is 23.0 Å². The van der Waals surface area contributed by atoms with Crippen molar-refractivity contribution in [3.05, 3.63) is 53.6 Å². The molecule has 12 rings (SSSR count). The van der Waals surface area contributed by atoms with Crippen LogP contribution in [0.15, 0.2) is 42.5 Å². The number of fused-ring (bicyclic) bond motifs is 4. The lowest BCUT2D eigenvalue weighted by Gasteiger charge is -2.60. The molecule has 2 spiro atoms. The van der Waals surface area contributed by atoms with Gasteiger partial charge in [-0.3, -0.25) is 4.79 Å². The van der Waals surface area contributed by atoms with Gasteiger partial charge in [-0.05, 0) is 124 Å². The summed E-state index contributed by atoms with van der Waals surface area (Å²) in [6, 6.07) is 10.7. The van der Waals surface area contributed by atoms with Crippen LogP contribution in [0.4, 0.5) is 0 Å². The number of rotatable bonds is 15. The van der Waals surface area contributed by atoms with E-state index in [-0.39, 0.29) is 48.6 Å². The number of carbonyl (C=O) groups is 1. The van der Waals surface area contributed by atoms with Gasteiger partial charge in [-0.2, -0.15) is 0 Å². The van der Waals surface area contributed by atoms with Gasteiger partial charge in [0.15, 0.2) is 53.6 Å². The molecule has 362 valence electrons. The van der Waals surface area contributed by atoms with E-state index in [4.69, 9.17) is 66.9 Å². The molecule has 15 heteroatoms. The fourth-order valence-corrected chi connectivity index (χ4v) is 12.9. The number of benzene rings is 2. The van der Waals surface area contributed by atoms with Crippen LogP contribution >= 0.6 is 0 Å². The van der Waals surface area contributed by atoms with Gasteiger partial charge < -0.3 is 47.4 Å². The Bertz CT molecular complexity index is 2070. The standard InChI is InChI=1S/C51H68O15/c1-29-9-16-38-31(3)44(59-46-50(38)36(29)19-21-48(5,61-46)63-65-50)57-25-23-55-35-14-12-34(13-15-35)40(52)18-11-33-27-41(53-7)43(42(28-33)54-8)56-24-26-58-45-32(4)39-17-10-30(2)37-20-22-49(6)62-47(60-45)51(37,39)66-64-49/h11-15,18,27-32,36-39,44-47H,9-10,16-17,19-26H2,1-8H3/b18-11+/t29-,30-,31-,32-,36+,37+,38+,39+,44+,45+,46-,47-,48-,49-,50-,51-/m1/s1. The Hall–Kier alpha value is -3.35. The maximum absolute atomic E-state index is 13.3. The number of methoxy groups -OCH3 is 2. The Morgan fingerprint density at radius 2 is 1.14 bits per heavy atom. The fraction of sp³-hybridized carbons (Fsp3) is 0.706. The molecule has 2 aliphatic carbocycles. The second-order valence-electron chi connectivity index (χ2n) is 20.5. The van der Waals surface area contributed by atoms with E-state index >= 15 is 0 Å². The number of carbonyl (C=O) groups excluding carboxylic acids is 1. The highest BCUT2D eigenvalue weighted by Gasteiger charge is 2.71. The van der Waals surface area contributed by atoms with Gasteiger partial charge in [0.25, 0.3) is 0 Å². The van der Waals surface area contributed by atoms with Crippen molar-refractivity contribution in [2.45, 2.75) is 141 Å². The molecular formula is C51H68O15. The van der Waals surface area contributed by atoms with Crippen LogP contribution in [0.1, 0.15) is 109 Å². The highest BCUT2D eigenvalue weighted by Crippen LogP contribution is 2.62. The van der Waals surface area contributed by atoms with Gasteiger partial charge in [0.05, 0.1) is 27.4 Å². The molecule has 0 N–H and O–H groups in total. The fourth-order valence-electron chi connectivity index (χ4n) is 12.9. The van der Waals surface area contributed by atoms with Gasteiger partial charge in [-0.25, -0.2) is 19.6 Å². The van der Waals surface area contributed by atoms with Crippen LogP contribution in [0.2, 0.25) is 0 Å². The quantitative estimate of drug-likeness (QED) is 0.0725. The van der Waals surface area contributed by atoms with Crippen molar-refractivity contribution in [3.8, 4) is 23.0 Å². The van der Waals surface area contributed by atoms with Crippen molar-refractivity contribution in [1.29, 1.82) is 0 Å². The molecule has 4 bridgehead atoms. The van der Waals surface area contributed by atoms with E-state index in [1.807, 2.05) is 13.8 Å². The molecule has 16 atom stereocenters. The topological polar surface area (TPSA) is 146 Å². The van der Waals surface area contributed by atoms with Crippen molar-refractivity contribution in [1.82, 2.24) is 0 Å². The van der Waals surface area contributed by atoms with E-state index in [1.165, 1.54) is 6.08 Å². The summed E-state index contributed by atoms with van der Waals surface area (Å²) in [7, 11) is 3.13. The van der Waals surface area contributed by atoms with E-state index in [2.05, 4.69) is 27.7 Å². The van der Waals surface area contributed by atoms with Crippen LogP contribution in [0, 0.1) is 47.3 Å². The first-order valence-corrected chi connectivity index (χ1v) is 24.3.